The number of carbonyl (C=O) groups is 4. The molecule has 2 aromatic heterocycles. The van der Waals surface area contributed by atoms with Crippen LogP contribution < -0.4 is 10.6 Å². The van der Waals surface area contributed by atoms with E-state index in [2.05, 4.69) is 27.5 Å². The lowest BCUT2D eigenvalue weighted by Gasteiger charge is -2.39. The molecule has 5 aromatic rings. The molecule has 3 aliphatic heterocycles. The molecule has 3 saturated heterocycles. The van der Waals surface area contributed by atoms with E-state index in [4.69, 9.17) is 24.2 Å². The number of likely N-dealkylation sites (tertiary alicyclic amines) is 2. The first-order chi connectivity index (χ1) is 30.4. The van der Waals surface area contributed by atoms with Crippen LogP contribution in [0.4, 0.5) is 14.0 Å². The second-order valence-corrected chi connectivity index (χ2v) is 18.1. The van der Waals surface area contributed by atoms with Gasteiger partial charge in [-0.1, -0.05) is 45.0 Å². The summed E-state index contributed by atoms with van der Waals surface area (Å²) in [5, 5.41) is 7.40. The van der Waals surface area contributed by atoms with E-state index >= 15 is 4.39 Å². The number of amides is 4. The number of piperidine rings is 1. The van der Waals surface area contributed by atoms with Gasteiger partial charge in [0.2, 0.25) is 11.8 Å². The predicted molar refractivity (Wildman–Crippen MR) is 233 cm³/mol. The van der Waals surface area contributed by atoms with Gasteiger partial charge in [0.15, 0.2) is 0 Å². The summed E-state index contributed by atoms with van der Waals surface area (Å²) in [5.74, 6) is 0.783. The molecule has 0 radical (unpaired) electrons. The number of hydrogen-bond acceptors (Lipinski definition) is 9. The fourth-order valence-electron chi connectivity index (χ4n) is 10.6. The van der Waals surface area contributed by atoms with E-state index in [9.17, 15) is 19.2 Å². The highest BCUT2D eigenvalue weighted by Gasteiger charge is 2.52. The number of nitrogens with one attached hydrogen (secondary N) is 4. The summed E-state index contributed by atoms with van der Waals surface area (Å²) in [5.41, 5.74) is 4.05. The third kappa shape index (κ3) is 7.98. The Labute approximate surface area is 364 Å². The average molecular weight is 863 g/mol. The molecule has 4 amide bonds. The highest BCUT2D eigenvalue weighted by Crippen LogP contribution is 2.50. The predicted octanol–water partition coefficient (Wildman–Crippen LogP) is 7.41. The van der Waals surface area contributed by atoms with Crippen LogP contribution >= 0.6 is 0 Å². The molecule has 15 nitrogen and oxygen atoms in total. The Morgan fingerprint density at radius 3 is 2.37 bits per heavy atom. The van der Waals surface area contributed by atoms with Crippen molar-refractivity contribution < 1.29 is 37.8 Å². The molecule has 1 unspecified atom stereocenters. The van der Waals surface area contributed by atoms with Crippen molar-refractivity contribution in [2.45, 2.75) is 89.5 Å². The normalized spacial score (nSPS) is 23.4. The van der Waals surface area contributed by atoms with Crippen LogP contribution in [-0.4, -0.2) is 106 Å². The smallest absolute Gasteiger partial charge is 0.407 e. The number of carbonyl (C=O) groups excluding carboxylic acids is 4. The van der Waals surface area contributed by atoms with Crippen molar-refractivity contribution in [1.82, 2.24) is 40.4 Å². The van der Waals surface area contributed by atoms with Crippen molar-refractivity contribution in [3.63, 3.8) is 0 Å². The van der Waals surface area contributed by atoms with Gasteiger partial charge >= 0.3 is 12.2 Å². The number of aromatic amines is 2. The molecule has 63 heavy (non-hydrogen) atoms. The number of H-pyrrole nitrogens is 2. The lowest BCUT2D eigenvalue weighted by molar-refractivity contribution is -0.140. The zero-order valence-electron chi connectivity index (χ0n) is 36.3. The second-order valence-electron chi connectivity index (χ2n) is 18.1. The molecule has 1 saturated carbocycles. The summed E-state index contributed by atoms with van der Waals surface area (Å²) in [6, 6.07) is 13.1. The molecule has 7 atom stereocenters. The van der Waals surface area contributed by atoms with Gasteiger partial charge in [0.1, 0.15) is 29.5 Å². The van der Waals surface area contributed by atoms with Crippen LogP contribution in [0.3, 0.4) is 0 Å². The molecule has 0 spiro atoms. The number of nitrogens with zero attached hydrogens (tertiary/aromatic N) is 4. The first-order valence-electron chi connectivity index (χ1n) is 22.1. The first-order valence-corrected chi connectivity index (χ1v) is 22.1. The van der Waals surface area contributed by atoms with E-state index in [-0.39, 0.29) is 53.6 Å². The molecule has 5 heterocycles. The molecule has 4 N–H and O–H groups in total. The van der Waals surface area contributed by atoms with Crippen LogP contribution in [0.1, 0.15) is 83.0 Å². The Morgan fingerprint density at radius 1 is 0.873 bits per heavy atom. The number of fused-ring (bicyclic) bond motifs is 5. The third-order valence-electron chi connectivity index (χ3n) is 13.8. The number of halogens is 1. The van der Waals surface area contributed by atoms with Gasteiger partial charge in [-0.15, -0.1) is 0 Å². The molecule has 1 aliphatic carbocycles. The van der Waals surface area contributed by atoms with E-state index in [0.717, 1.165) is 53.1 Å². The van der Waals surface area contributed by atoms with Crippen LogP contribution in [0.5, 0.6) is 0 Å². The van der Waals surface area contributed by atoms with Crippen LogP contribution in [0.25, 0.3) is 44.2 Å². The maximum absolute atomic E-state index is 16.1. The van der Waals surface area contributed by atoms with E-state index in [1.807, 2.05) is 60.0 Å². The van der Waals surface area contributed by atoms with Crippen LogP contribution in [0.15, 0.2) is 54.7 Å². The number of ether oxygens (including phenoxy) is 3. The SMILES string of the molecule is COC(=O)NC(C(=O)N1[C@@H]2CC[C@@H](C2)[C@H]1c1ncc(-c2ccc(-c3ccc4c(ccc5[nH]c([C@@H]6C[C@H](C)CN6C(=O)[C@@H](NC(=O)OC)C(C)C)nc54)c3)cc2F)[nH]1)C1CCOCC1. The summed E-state index contributed by atoms with van der Waals surface area (Å²) < 4.78 is 31.4. The minimum absolute atomic E-state index is 0.0324. The van der Waals surface area contributed by atoms with Crippen molar-refractivity contribution in [2.24, 2.45) is 23.7 Å². The summed E-state index contributed by atoms with van der Waals surface area (Å²) in [6.07, 6.45) is 5.08. The number of aromatic nitrogens is 4. The zero-order valence-corrected chi connectivity index (χ0v) is 36.3. The van der Waals surface area contributed by atoms with Crippen LogP contribution in [0, 0.1) is 29.5 Å². The van der Waals surface area contributed by atoms with E-state index in [1.165, 1.54) is 20.3 Å². The van der Waals surface area contributed by atoms with Gasteiger partial charge in [-0.2, -0.15) is 0 Å². The third-order valence-corrected chi connectivity index (χ3v) is 13.8. The molecule has 4 aliphatic rings. The van der Waals surface area contributed by atoms with Gasteiger partial charge in [0.05, 0.1) is 49.2 Å². The standard InChI is InChI=1S/C47H55FN8O7/c1-24(2)38(53-46(59)61-4)44(57)55-23-25(3)18-37(55)42-50-35-13-9-29-19-27(7-11-32(29)40(35)52-42)28-8-12-33(34(48)21-28)36-22-49-43(51-36)41-30-6-10-31(20-30)56(41)45(58)39(54-47(60)62-5)26-14-16-63-17-15-26/h7-9,11-13,19,21-22,24-26,30-31,37-39,41H,6,10,14-18,20,23H2,1-5H3,(H,49,51)(H,50,52)(H,53,59)(H,54,60)/t25-,30-,31+,37-,38-,39?,41-/m0/s1. The van der Waals surface area contributed by atoms with Gasteiger partial charge in [0, 0.05) is 36.8 Å². The number of imidazole rings is 2. The number of hydrogen-bond donors (Lipinski definition) is 4. The Hall–Kier alpha value is -6.03. The maximum atomic E-state index is 16.1. The number of benzene rings is 3. The molecule has 16 heteroatoms. The number of alkyl carbamates (subject to hydrolysis) is 2. The van der Waals surface area contributed by atoms with Crippen molar-refractivity contribution in [3.8, 4) is 22.4 Å². The van der Waals surface area contributed by atoms with Crippen LogP contribution in [-0.2, 0) is 23.8 Å². The maximum Gasteiger partial charge on any atom is 0.407 e. The van der Waals surface area contributed by atoms with Crippen molar-refractivity contribution >= 4 is 45.8 Å². The molecular weight excluding hydrogens is 808 g/mol. The minimum atomic E-state index is -0.744. The van der Waals surface area contributed by atoms with Gasteiger partial charge in [-0.3, -0.25) is 9.59 Å². The second kappa shape index (κ2) is 17.3. The average Bonchev–Trinajstić information content (AvgIpc) is 4.15. The lowest BCUT2D eigenvalue weighted by atomic mass is 9.89. The topological polar surface area (TPSA) is 184 Å². The van der Waals surface area contributed by atoms with Crippen molar-refractivity contribution in [3.05, 3.63) is 72.2 Å². The van der Waals surface area contributed by atoms with Crippen molar-refractivity contribution in [1.29, 1.82) is 0 Å². The summed E-state index contributed by atoms with van der Waals surface area (Å²) in [7, 11) is 2.58. The Kier molecular flexibility index (Phi) is 11.6. The first kappa shape index (κ1) is 42.3. The molecule has 9 rings (SSSR count). The van der Waals surface area contributed by atoms with Gasteiger partial charge < -0.3 is 44.6 Å². The van der Waals surface area contributed by atoms with Crippen molar-refractivity contribution in [2.75, 3.05) is 34.0 Å². The van der Waals surface area contributed by atoms with E-state index in [0.29, 0.717) is 61.1 Å². The summed E-state index contributed by atoms with van der Waals surface area (Å²) in [4.78, 5) is 73.1. The minimum Gasteiger partial charge on any atom is -0.453 e. The van der Waals surface area contributed by atoms with Crippen LogP contribution in [0.2, 0.25) is 0 Å². The Morgan fingerprint density at radius 2 is 1.62 bits per heavy atom. The fraction of sp³-hybridized carbons (Fsp3) is 0.489. The largest absolute Gasteiger partial charge is 0.453 e. The summed E-state index contributed by atoms with van der Waals surface area (Å²) in [6.45, 7) is 7.49. The Balaban J connectivity index is 0.944. The highest BCUT2D eigenvalue weighted by molar-refractivity contribution is 6.05. The van der Waals surface area contributed by atoms with Gasteiger partial charge in [0.25, 0.3) is 0 Å². The number of methoxy groups -OCH3 is 2. The lowest BCUT2D eigenvalue weighted by Crippen LogP contribution is -2.55. The van der Waals surface area contributed by atoms with Gasteiger partial charge in [-0.05, 0) is 103 Å². The highest BCUT2D eigenvalue weighted by atomic mass is 19.1. The number of rotatable bonds is 10. The van der Waals surface area contributed by atoms with E-state index < -0.39 is 30.1 Å². The quantitative estimate of drug-likeness (QED) is 0.111. The molecule has 3 aromatic carbocycles. The fourth-order valence-corrected chi connectivity index (χ4v) is 10.6. The molecular formula is C47H55FN8O7. The molecule has 2 bridgehead atoms. The molecule has 4 fully saturated rings. The van der Waals surface area contributed by atoms with E-state index in [1.54, 1.807) is 12.3 Å². The monoisotopic (exact) mass is 862 g/mol. The molecule has 332 valence electrons. The zero-order chi connectivity index (χ0) is 44.1. The van der Waals surface area contributed by atoms with Gasteiger partial charge in [-0.25, -0.2) is 23.9 Å². The Bertz CT molecular complexity index is 2550. The summed E-state index contributed by atoms with van der Waals surface area (Å²) >= 11 is 0.